The Labute approximate surface area is 716 Å². The predicted molar refractivity (Wildman–Crippen MR) is 481 cm³/mol. The van der Waals surface area contributed by atoms with Crippen molar-refractivity contribution in [3.8, 4) is 67.8 Å². The average molecular weight is 1660 g/mol. The number of nitrogens with one attached hydrogen (secondary N) is 7. The first kappa shape index (κ1) is 79.9. The number of nitrogens with two attached hydrogens (primary N) is 1. The lowest BCUT2D eigenvalue weighted by molar-refractivity contribution is 0.629. The van der Waals surface area contributed by atoms with Crippen molar-refractivity contribution in [2.75, 3.05) is 61.5 Å². The Bertz CT molecular complexity index is 7010. The van der Waals surface area contributed by atoms with Crippen molar-refractivity contribution >= 4 is 74.2 Å². The first-order valence-electron chi connectivity index (χ1n) is 40.6. The van der Waals surface area contributed by atoms with Gasteiger partial charge in [0.25, 0.3) is 0 Å². The van der Waals surface area contributed by atoms with Crippen molar-refractivity contribution in [3.05, 3.63) is 300 Å². The van der Waals surface area contributed by atoms with Crippen LogP contribution in [0.2, 0.25) is 0 Å². The van der Waals surface area contributed by atoms with Crippen molar-refractivity contribution in [2.45, 2.75) is 32.2 Å². The number of nitrogens with zero attached hydrogens (tertiary/aromatic N) is 28. The highest BCUT2D eigenvalue weighted by atomic mass is 15.3. The second-order valence-corrected chi connectivity index (χ2v) is 29.8. The van der Waals surface area contributed by atoms with Crippen LogP contribution in [0.1, 0.15) is 42.2 Å². The van der Waals surface area contributed by atoms with Crippen LogP contribution < -0.4 is 43.0 Å². The molecule has 626 valence electrons. The molecule has 1 atom stereocenters. The molecule has 0 saturated carbocycles. The highest BCUT2D eigenvalue weighted by Gasteiger charge is 2.22. The molecule has 1 aliphatic rings. The summed E-state index contributed by atoms with van der Waals surface area (Å²) in [5.74, 6) is 2.82. The zero-order valence-corrected chi connectivity index (χ0v) is 69.6. The zero-order chi connectivity index (χ0) is 85.3. The van der Waals surface area contributed by atoms with Gasteiger partial charge in [0.1, 0.15) is 0 Å². The number of imidazole rings is 8. The molecule has 0 bridgehead atoms. The van der Waals surface area contributed by atoms with Gasteiger partial charge in [-0.25, -0.2) is 59.8 Å². The minimum Gasteiger partial charge on any atom is -0.337 e. The molecule has 21 rings (SSSR count). The fourth-order valence-corrected chi connectivity index (χ4v) is 14.5. The molecule has 1 unspecified atom stereocenters. The summed E-state index contributed by atoms with van der Waals surface area (Å²) in [4.78, 5) is 54.5. The van der Waals surface area contributed by atoms with E-state index in [-0.39, 0.29) is 6.04 Å². The average Bonchev–Trinajstić information content (AvgIpc) is 1.68. The number of aromatic nitrogens is 28. The molecule has 20 aromatic rings. The summed E-state index contributed by atoms with van der Waals surface area (Å²) in [6.07, 6.45) is 57.4. The third-order valence-corrected chi connectivity index (χ3v) is 21.1. The molecule has 17 heterocycles. The third kappa shape index (κ3) is 17.7. The zero-order valence-electron chi connectivity index (χ0n) is 69.6. The highest BCUT2D eigenvalue weighted by Crippen LogP contribution is 2.34. The van der Waals surface area contributed by atoms with Crippen LogP contribution >= 0.6 is 0 Å². The standard InChI is InChI=1S/C24H23N9.2C22H23N9.C21H21N9/c1-31-14-18(12-28-31)22-13-27-24-23(30-21(15-33(22)24)17-3-2-8-25-11-17)29-19-4-6-20(7-5-19)32-10-9-26-16-32;1-15(23-2)19-13-31-20(16-10-26-29(3)12-16)11-25-22(31)21(28-19)27-17-4-6-18(7-5-17)30-9-8-24-14-30;1-23-8-7-18-14-31-20(16-11-26-29(2)13-16)12-25-22(31)21(28-18)27-17-3-5-19(6-4-17)30-10-9-24-15-30;1-28-12-15(10-25-28)19-11-24-21-20(27-17(6-7-22)13-30(19)21)26-16-2-4-18(5-3-16)29-9-8-23-14-29/h3-7,9-10,12-16,25H,2,8,11H2,1H3,(H,29,30);4-15,23H,1-3H3,(H,27,28);3-6,9-15,23H,7-8H2,1-2H3,(H,27,28);2-5,8-14H,6-7,22H2,1H3,(H,26,27). The quantitative estimate of drug-likeness (QED) is 0.0278. The van der Waals surface area contributed by atoms with Crippen molar-refractivity contribution < 1.29 is 0 Å². The lowest BCUT2D eigenvalue weighted by Crippen LogP contribution is -2.22. The number of rotatable bonds is 24. The molecule has 4 aromatic carbocycles. The Morgan fingerprint density at radius 1 is 0.400 bits per heavy atom. The van der Waals surface area contributed by atoms with E-state index in [0.29, 0.717) is 30.4 Å². The van der Waals surface area contributed by atoms with E-state index < -0.39 is 0 Å². The van der Waals surface area contributed by atoms with Crippen LogP contribution in [0.4, 0.5) is 46.0 Å². The molecular weight excluding hydrogens is 1570 g/mol. The molecule has 125 heavy (non-hydrogen) atoms. The van der Waals surface area contributed by atoms with Gasteiger partial charge in [0, 0.05) is 227 Å². The van der Waals surface area contributed by atoms with Gasteiger partial charge in [0.05, 0.1) is 120 Å². The third-order valence-electron chi connectivity index (χ3n) is 21.1. The van der Waals surface area contributed by atoms with Crippen molar-refractivity contribution in [2.24, 2.45) is 33.9 Å². The lowest BCUT2D eigenvalue weighted by Gasteiger charge is -2.16. The summed E-state index contributed by atoms with van der Waals surface area (Å²) in [5.41, 5.74) is 29.5. The second-order valence-electron chi connectivity index (χ2n) is 29.8. The summed E-state index contributed by atoms with van der Waals surface area (Å²) in [5, 5.41) is 40.9. The first-order valence-corrected chi connectivity index (χ1v) is 40.6. The Morgan fingerprint density at radius 3 is 1.06 bits per heavy atom. The molecule has 36 nitrogen and oxygen atoms in total. The van der Waals surface area contributed by atoms with Gasteiger partial charge in [0.2, 0.25) is 0 Å². The Kier molecular flexibility index (Phi) is 23.0. The fraction of sp³-hybridized carbons (Fsp3) is 0.169. The van der Waals surface area contributed by atoms with Gasteiger partial charge in [-0.05, 0) is 143 Å². The van der Waals surface area contributed by atoms with Gasteiger partial charge >= 0.3 is 0 Å². The van der Waals surface area contributed by atoms with Gasteiger partial charge < -0.3 is 61.2 Å². The maximum absolute atomic E-state index is 5.79. The molecule has 0 amide bonds. The maximum atomic E-state index is 5.79. The van der Waals surface area contributed by atoms with E-state index in [2.05, 4.69) is 131 Å². The summed E-state index contributed by atoms with van der Waals surface area (Å²) in [7, 11) is 11.5. The summed E-state index contributed by atoms with van der Waals surface area (Å²) in [6, 6.07) is 32.6. The van der Waals surface area contributed by atoms with E-state index in [9.17, 15) is 0 Å². The number of hydrogen-bond acceptors (Lipinski definition) is 24. The van der Waals surface area contributed by atoms with Crippen LogP contribution in [0.15, 0.2) is 277 Å². The van der Waals surface area contributed by atoms with E-state index in [1.807, 2.05) is 274 Å². The number of benzene rings is 4. The molecule has 9 N–H and O–H groups in total. The summed E-state index contributed by atoms with van der Waals surface area (Å²) >= 11 is 0. The van der Waals surface area contributed by atoms with Crippen LogP contribution in [0.25, 0.3) is 95.9 Å². The largest absolute Gasteiger partial charge is 0.337 e. The second kappa shape index (κ2) is 36.0. The van der Waals surface area contributed by atoms with E-state index in [0.717, 1.165) is 174 Å². The summed E-state index contributed by atoms with van der Waals surface area (Å²) < 4.78 is 23.3. The molecule has 16 aromatic heterocycles. The maximum Gasteiger partial charge on any atom is 0.180 e. The molecule has 0 spiro atoms. The minimum absolute atomic E-state index is 0.0812. The number of likely N-dealkylation sites (N-methyl/N-ethyl adjacent to an activating group) is 1. The SMILES string of the molecule is CNC(C)c1cn2c(-c3cnn(C)c3)cnc2c(Nc2ccc(-n3ccnc3)cc2)n1.CNCCc1cn2c(-c3cnn(C)c3)cnc2c(Nc2ccc(-n3ccnc3)cc2)n1.Cn1cc(-c2cnc3c(Nc4ccc(-n5ccnc5)cc4)nc(C4=CCCNC4)cn23)cn1.Cn1cc(-c2cnc3c(Nc4ccc(-n5ccnc5)cc4)nc(CCN)cn23)cn1. The fourth-order valence-electron chi connectivity index (χ4n) is 14.5. The molecule has 36 heteroatoms. The van der Waals surface area contributed by atoms with E-state index >= 15 is 0 Å². The van der Waals surface area contributed by atoms with Crippen LogP contribution in [0, 0.1) is 0 Å². The highest BCUT2D eigenvalue weighted by molar-refractivity contribution is 5.80. The van der Waals surface area contributed by atoms with Gasteiger partial charge in [0.15, 0.2) is 45.9 Å². The lowest BCUT2D eigenvalue weighted by atomic mass is 10.1. The molecule has 0 fully saturated rings. The van der Waals surface area contributed by atoms with Crippen LogP contribution in [0.3, 0.4) is 0 Å². The molecule has 0 aliphatic carbocycles. The summed E-state index contributed by atoms with van der Waals surface area (Å²) in [6.45, 7) is 5.24. The van der Waals surface area contributed by atoms with Crippen molar-refractivity contribution in [1.29, 1.82) is 0 Å². The van der Waals surface area contributed by atoms with Crippen molar-refractivity contribution in [3.63, 3.8) is 0 Å². The number of aryl methyl sites for hydroxylation is 4. The minimum atomic E-state index is 0.0812. The van der Waals surface area contributed by atoms with Gasteiger partial charge in [-0.3, -0.25) is 36.3 Å². The predicted octanol–water partition coefficient (Wildman–Crippen LogP) is 12.2. The molecule has 0 radical (unpaired) electrons. The number of fused-ring (bicyclic) bond motifs is 4. The Balaban J connectivity index is 0.000000113. The van der Waals surface area contributed by atoms with Gasteiger partial charge in [-0.15, -0.1) is 0 Å². The van der Waals surface area contributed by atoms with Crippen molar-refractivity contribution in [1.82, 2.24) is 151 Å². The number of hydrogen-bond donors (Lipinski definition) is 8. The van der Waals surface area contributed by atoms with E-state index in [4.69, 9.17) is 30.7 Å². The number of anilines is 8. The normalized spacial score (nSPS) is 12.2. The van der Waals surface area contributed by atoms with E-state index in [1.54, 1.807) is 68.8 Å². The Hall–Kier alpha value is -16.2. The van der Waals surface area contributed by atoms with Gasteiger partial charge in [-0.2, -0.15) is 20.4 Å². The monoisotopic (exact) mass is 1660 g/mol. The topological polar surface area (TPSA) is 374 Å². The smallest absolute Gasteiger partial charge is 0.180 e. The van der Waals surface area contributed by atoms with Crippen LogP contribution in [-0.2, 0) is 41.0 Å². The molecular formula is C89H90N36. The van der Waals surface area contributed by atoms with E-state index in [1.165, 1.54) is 5.57 Å². The van der Waals surface area contributed by atoms with Crippen LogP contribution in [0.5, 0.6) is 0 Å². The van der Waals surface area contributed by atoms with Crippen LogP contribution in [-0.4, -0.2) is 175 Å². The first-order chi connectivity index (χ1) is 61.3. The Morgan fingerprint density at radius 2 is 0.744 bits per heavy atom. The molecule has 1 aliphatic heterocycles. The van der Waals surface area contributed by atoms with Gasteiger partial charge in [-0.1, -0.05) is 6.08 Å². The molecule has 0 saturated heterocycles.